The molecule has 3 spiro atoms. The molecule has 6 aliphatic rings. The summed E-state index contributed by atoms with van der Waals surface area (Å²) in [5.41, 5.74) is 29.3. The van der Waals surface area contributed by atoms with Crippen LogP contribution in [0.1, 0.15) is 66.8 Å². The molecule has 28 rings (SSSR count). The first-order valence-electron chi connectivity index (χ1n) is 42.4. The van der Waals surface area contributed by atoms with Gasteiger partial charge in [0.2, 0.25) is 0 Å². The largest absolute Gasteiger partial charge is 0.457 e. The van der Waals surface area contributed by atoms with Crippen molar-refractivity contribution in [1.82, 2.24) is 0 Å². The Hall–Kier alpha value is -16.0. The molecule has 0 bridgehead atoms. The molecule has 588 valence electrons. The summed E-state index contributed by atoms with van der Waals surface area (Å²) in [5, 5.41) is 20.5. The molecule has 6 heterocycles. The lowest BCUT2D eigenvalue weighted by molar-refractivity contribution is 0.437. The highest BCUT2D eigenvalue weighted by molar-refractivity contribution is 7.26. The number of fused-ring (bicyclic) bond motifs is 37. The Labute approximate surface area is 721 Å². The van der Waals surface area contributed by atoms with E-state index in [4.69, 9.17) is 23.0 Å². The number of halogens is 1. The second-order valence-corrected chi connectivity index (χ2v) is 34.0. The van der Waals surface area contributed by atoms with E-state index >= 15 is 0 Å². The zero-order chi connectivity index (χ0) is 82.2. The van der Waals surface area contributed by atoms with Gasteiger partial charge in [-0.1, -0.05) is 297 Å². The molecule has 0 atom stereocenters. The zero-order valence-corrected chi connectivity index (χ0v) is 67.8. The van der Waals surface area contributed by atoms with Crippen LogP contribution in [0.15, 0.2) is 415 Å². The van der Waals surface area contributed by atoms with Gasteiger partial charge in [0.05, 0.1) is 49.8 Å². The van der Waals surface area contributed by atoms with Gasteiger partial charge < -0.3 is 39.0 Å². The lowest BCUT2D eigenvalue weighted by atomic mass is 9.65. The fourth-order valence-corrected chi connectivity index (χ4v) is 23.1. The maximum absolute atomic E-state index is 14.0. The Balaban J connectivity index is 0.000000100. The summed E-state index contributed by atoms with van der Waals surface area (Å²) in [6.07, 6.45) is 0. The lowest BCUT2D eigenvalue weighted by Crippen LogP contribution is -2.33. The molecule has 0 radical (unpaired) electrons. The molecule has 3 aromatic heterocycles. The van der Waals surface area contributed by atoms with Gasteiger partial charge in [0.15, 0.2) is 5.75 Å². The van der Waals surface area contributed by atoms with Gasteiger partial charge in [-0.25, -0.2) is 4.39 Å². The van der Waals surface area contributed by atoms with Crippen molar-refractivity contribution in [2.24, 2.45) is 0 Å². The fraction of sp³-hybridized carbons (Fsp3) is 0.0261. The van der Waals surface area contributed by atoms with Crippen molar-refractivity contribution < 1.29 is 27.4 Å². The molecule has 0 saturated carbocycles. The van der Waals surface area contributed by atoms with Crippen molar-refractivity contribution in [3.05, 3.63) is 479 Å². The molecule has 0 amide bonds. The van der Waals surface area contributed by atoms with Crippen LogP contribution in [-0.4, -0.2) is 0 Å². The molecule has 0 saturated heterocycles. The van der Waals surface area contributed by atoms with Gasteiger partial charge in [-0.05, 0) is 175 Å². The van der Waals surface area contributed by atoms with E-state index in [-0.39, 0.29) is 5.82 Å². The van der Waals surface area contributed by atoms with E-state index in [0.29, 0.717) is 11.2 Å². The van der Waals surface area contributed by atoms with Gasteiger partial charge in [-0.3, -0.25) is 0 Å². The second-order valence-electron chi connectivity index (χ2n) is 32.9. The third-order valence-corrected chi connectivity index (χ3v) is 27.8. The minimum absolute atomic E-state index is 0.322. The second kappa shape index (κ2) is 27.2. The number of para-hydroxylation sites is 5. The Morgan fingerprint density at radius 1 is 0.232 bits per heavy atom. The number of rotatable bonds is 6. The van der Waals surface area contributed by atoms with Crippen molar-refractivity contribution in [3.63, 3.8) is 0 Å². The minimum Gasteiger partial charge on any atom is -0.457 e. The smallest absolute Gasteiger partial charge is 0.155 e. The Kier molecular flexibility index (Phi) is 15.4. The van der Waals surface area contributed by atoms with Crippen LogP contribution in [0.5, 0.6) is 34.5 Å². The third-order valence-electron chi connectivity index (χ3n) is 26.7. The molecule has 10 heteroatoms. The van der Waals surface area contributed by atoms with Gasteiger partial charge in [-0.2, -0.15) is 0 Å². The van der Waals surface area contributed by atoms with Gasteiger partial charge in [0.25, 0.3) is 0 Å². The number of furan rings is 2. The molecule has 0 fully saturated rings. The van der Waals surface area contributed by atoms with Gasteiger partial charge >= 0.3 is 0 Å². The number of nitrogens with one attached hydrogen (secondary N) is 3. The molecule has 3 N–H and O–H groups in total. The number of benzene rings is 19. The van der Waals surface area contributed by atoms with Crippen molar-refractivity contribution in [3.8, 4) is 67.9 Å². The minimum atomic E-state index is -0.540. The Bertz CT molecular complexity index is 8200. The maximum atomic E-state index is 14.0. The average molecular weight is 1620 g/mol. The lowest BCUT2D eigenvalue weighted by Gasteiger charge is -2.40. The van der Waals surface area contributed by atoms with Gasteiger partial charge in [0.1, 0.15) is 56.9 Å². The van der Waals surface area contributed by atoms with E-state index in [1.807, 2.05) is 65.9 Å². The zero-order valence-electron chi connectivity index (χ0n) is 67.0. The predicted octanol–water partition coefficient (Wildman–Crippen LogP) is 31.2. The predicted molar refractivity (Wildman–Crippen MR) is 506 cm³/mol. The number of anilines is 6. The molecule has 125 heavy (non-hydrogen) atoms. The highest BCUT2D eigenvalue weighted by Gasteiger charge is 2.55. The maximum Gasteiger partial charge on any atom is 0.155 e. The first-order chi connectivity index (χ1) is 61.9. The highest BCUT2D eigenvalue weighted by Crippen LogP contribution is 2.68. The van der Waals surface area contributed by atoms with Crippen LogP contribution < -0.4 is 30.2 Å². The van der Waals surface area contributed by atoms with E-state index in [9.17, 15) is 4.39 Å². The van der Waals surface area contributed by atoms with Gasteiger partial charge in [-0.15, -0.1) is 11.3 Å². The number of hydrogen-bond donors (Lipinski definition) is 3. The van der Waals surface area contributed by atoms with Crippen LogP contribution in [0.25, 0.3) is 108 Å². The van der Waals surface area contributed by atoms with E-state index in [1.165, 1.54) is 115 Å². The molecule has 19 aromatic carbocycles. The molecule has 3 aliphatic carbocycles. The summed E-state index contributed by atoms with van der Waals surface area (Å²) in [6.45, 7) is 0. The highest BCUT2D eigenvalue weighted by atomic mass is 32.1. The van der Waals surface area contributed by atoms with E-state index in [1.54, 1.807) is 6.07 Å². The summed E-state index contributed by atoms with van der Waals surface area (Å²) in [4.78, 5) is 0. The number of ether oxygens (including phenoxy) is 3. The monoisotopic (exact) mass is 1620 g/mol. The summed E-state index contributed by atoms with van der Waals surface area (Å²) >= 11 is 1.86. The van der Waals surface area contributed by atoms with E-state index in [0.717, 1.165) is 129 Å². The van der Waals surface area contributed by atoms with Crippen molar-refractivity contribution in [1.29, 1.82) is 0 Å². The quantitative estimate of drug-likeness (QED) is 0.152. The fourth-order valence-electron chi connectivity index (χ4n) is 21.9. The Morgan fingerprint density at radius 3 is 1.15 bits per heavy atom. The standard InChI is InChI=1S/C41H25NOS.C37H22FNO2.C37H23NO2/c1-2-13-26-25(12-1)24-37-38(29-16-5-10-23-36(29)44-37)40(26)42-33-20-11-22-35-39(33)41(32-19-8-9-21-34(32)43-35)30-17-6-3-14-27(30)28-15-4-7-18-31(28)41;38-22-19-20-25-34(21-22)40-33-18-8-15-30(35(25)33)39-31-16-7-14-29-36(31)41-32-17-6-5-13-28(32)37(29)26-11-3-1-9-23(26)24-10-2-4-12-27(24)37;1-4-14-26-23(11-1)24-12-2-5-15-27(24)37(26)28-16-6-8-20-32(28)40-34-22-10-18-30(36(34)37)38-29-17-9-21-33-35(29)25-13-3-7-19-31(25)39-33/h1-24,42H;1-21,39H;1-22,38H. The molecule has 0 unspecified atom stereocenters. The summed E-state index contributed by atoms with van der Waals surface area (Å²) in [7, 11) is 0. The molecule has 8 nitrogen and oxygen atoms in total. The van der Waals surface area contributed by atoms with E-state index < -0.39 is 16.2 Å². The normalized spacial score (nSPS) is 13.9. The first kappa shape index (κ1) is 70.8. The van der Waals surface area contributed by atoms with Crippen molar-refractivity contribution >= 4 is 120 Å². The van der Waals surface area contributed by atoms with Crippen LogP contribution in [0.3, 0.4) is 0 Å². The van der Waals surface area contributed by atoms with Crippen LogP contribution in [0, 0.1) is 5.82 Å². The number of hydrogen-bond acceptors (Lipinski definition) is 9. The van der Waals surface area contributed by atoms with Gasteiger partial charge in [0, 0.05) is 87.2 Å². The SMILES string of the molecule is Fc1ccc2c(c1)oc1cccc(Nc3cccc4c3Oc3ccccc3C43c4ccccc4-c4ccccc43)c12.c1ccc2c(c1)Oc1cccc(Nc3c4ccccc4cc4sc5ccccc5c34)c1C21c2ccccc2-c2ccccc21.c1ccc2c(c1)Oc1cccc(Nc3cccc4oc5ccccc5c34)c1C21c2ccccc2-c2ccccc21. The Morgan fingerprint density at radius 2 is 0.600 bits per heavy atom. The van der Waals surface area contributed by atoms with Crippen LogP contribution >= 0.6 is 11.3 Å². The first-order valence-corrected chi connectivity index (χ1v) is 43.2. The van der Waals surface area contributed by atoms with Crippen LogP contribution in [0.2, 0.25) is 0 Å². The molecule has 22 aromatic rings. The summed E-state index contributed by atoms with van der Waals surface area (Å²) in [6, 6.07) is 142. The molecular weight excluding hydrogens is 1550 g/mol. The van der Waals surface area contributed by atoms with Crippen molar-refractivity contribution in [2.45, 2.75) is 16.2 Å². The number of thiophene rings is 1. The summed E-state index contributed by atoms with van der Waals surface area (Å²) < 4.78 is 49.0. The van der Waals surface area contributed by atoms with Crippen LogP contribution in [0.4, 0.5) is 38.5 Å². The van der Waals surface area contributed by atoms with Crippen LogP contribution in [-0.2, 0) is 16.2 Å². The third kappa shape index (κ3) is 10.1. The molecule has 3 aliphatic heterocycles. The average Bonchev–Trinajstić information content (AvgIpc) is 1.54. The summed E-state index contributed by atoms with van der Waals surface area (Å²) in [5.74, 6) is 4.84. The molecular formula is C115H70FN3O5S. The topological polar surface area (TPSA) is 90.1 Å². The van der Waals surface area contributed by atoms with E-state index in [2.05, 4.69) is 350 Å². The van der Waals surface area contributed by atoms with Crippen molar-refractivity contribution in [2.75, 3.05) is 16.0 Å².